The Hall–Kier alpha value is -3.26. The molecule has 0 unspecified atom stereocenters. The number of imidazole rings is 1. The smallest absolute Gasteiger partial charge is 0.269 e. The zero-order chi connectivity index (χ0) is 21.1. The second kappa shape index (κ2) is 8.62. The minimum absolute atomic E-state index is 0.207. The first-order chi connectivity index (χ1) is 14.5. The summed E-state index contributed by atoms with van der Waals surface area (Å²) in [7, 11) is 0. The highest BCUT2D eigenvalue weighted by Crippen LogP contribution is 2.24. The van der Waals surface area contributed by atoms with Gasteiger partial charge in [0.2, 0.25) is 5.95 Å². The molecule has 2 aromatic carbocycles. The minimum atomic E-state index is -0.319. The predicted molar refractivity (Wildman–Crippen MR) is 116 cm³/mol. The van der Waals surface area contributed by atoms with Crippen LogP contribution < -0.4 is 10.1 Å². The first-order valence-electron chi connectivity index (χ1n) is 9.66. The summed E-state index contributed by atoms with van der Waals surface area (Å²) in [6.45, 7) is 4.84. The molecule has 2 heterocycles. The van der Waals surface area contributed by atoms with Crippen molar-refractivity contribution in [2.45, 2.75) is 33.4 Å². The highest BCUT2D eigenvalue weighted by atomic mass is 32.1. The number of rotatable bonds is 7. The minimum Gasteiger partial charge on any atom is -0.486 e. The molecular formula is C22H21FN4O2S. The van der Waals surface area contributed by atoms with Crippen LogP contribution in [0.15, 0.2) is 48.5 Å². The van der Waals surface area contributed by atoms with E-state index in [2.05, 4.69) is 22.2 Å². The van der Waals surface area contributed by atoms with E-state index in [0.29, 0.717) is 27.3 Å². The summed E-state index contributed by atoms with van der Waals surface area (Å²) in [5.41, 5.74) is 2.47. The monoisotopic (exact) mass is 424 g/mol. The van der Waals surface area contributed by atoms with Crippen LogP contribution in [0.4, 0.5) is 10.3 Å². The van der Waals surface area contributed by atoms with Crippen LogP contribution in [0.2, 0.25) is 0 Å². The van der Waals surface area contributed by atoms with Gasteiger partial charge in [-0.15, -0.1) is 11.3 Å². The molecule has 0 saturated heterocycles. The van der Waals surface area contributed by atoms with Gasteiger partial charge in [0.25, 0.3) is 5.91 Å². The summed E-state index contributed by atoms with van der Waals surface area (Å²) in [5.74, 6) is 0.509. The Morgan fingerprint density at radius 3 is 2.70 bits per heavy atom. The quantitative estimate of drug-likeness (QED) is 0.444. The molecule has 8 heteroatoms. The molecule has 0 aliphatic heterocycles. The van der Waals surface area contributed by atoms with Crippen LogP contribution in [0.3, 0.4) is 0 Å². The Bertz CT molecular complexity index is 1180. The van der Waals surface area contributed by atoms with E-state index in [4.69, 9.17) is 4.74 Å². The van der Waals surface area contributed by atoms with Crippen LogP contribution in [-0.4, -0.2) is 20.4 Å². The lowest BCUT2D eigenvalue weighted by atomic mass is 10.3. The Balaban J connectivity index is 1.51. The third kappa shape index (κ3) is 4.18. The van der Waals surface area contributed by atoms with Gasteiger partial charge >= 0.3 is 0 Å². The van der Waals surface area contributed by atoms with E-state index >= 15 is 0 Å². The molecule has 6 nitrogen and oxygen atoms in total. The maximum Gasteiger partial charge on any atom is 0.269 e. The second-order valence-electron chi connectivity index (χ2n) is 6.79. The van der Waals surface area contributed by atoms with Crippen molar-refractivity contribution in [2.75, 3.05) is 5.32 Å². The fourth-order valence-corrected chi connectivity index (χ4v) is 4.05. The van der Waals surface area contributed by atoms with Crippen LogP contribution in [0, 0.1) is 12.7 Å². The Morgan fingerprint density at radius 2 is 1.93 bits per heavy atom. The second-order valence-corrected chi connectivity index (χ2v) is 7.88. The number of nitrogens with zero attached hydrogens (tertiary/aromatic N) is 3. The largest absolute Gasteiger partial charge is 0.486 e. The van der Waals surface area contributed by atoms with Gasteiger partial charge in [0.15, 0.2) is 0 Å². The Kier molecular flexibility index (Phi) is 5.76. The molecule has 4 rings (SSSR count). The molecule has 0 aliphatic carbocycles. The van der Waals surface area contributed by atoms with E-state index in [1.807, 2.05) is 28.8 Å². The zero-order valence-electron chi connectivity index (χ0n) is 16.7. The van der Waals surface area contributed by atoms with Crippen molar-refractivity contribution in [3.05, 3.63) is 69.9 Å². The fourth-order valence-electron chi connectivity index (χ4n) is 3.18. The number of fused-ring (bicyclic) bond motifs is 1. The Labute approximate surface area is 177 Å². The summed E-state index contributed by atoms with van der Waals surface area (Å²) in [4.78, 5) is 22.4. The molecule has 1 amide bonds. The van der Waals surface area contributed by atoms with E-state index in [1.54, 1.807) is 19.1 Å². The maximum atomic E-state index is 13.0. The van der Waals surface area contributed by atoms with Crippen molar-refractivity contribution in [3.63, 3.8) is 0 Å². The third-order valence-electron chi connectivity index (χ3n) is 4.55. The average molecular weight is 425 g/mol. The number of carbonyl (C=O) groups is 1. The molecule has 0 spiro atoms. The van der Waals surface area contributed by atoms with Crippen molar-refractivity contribution in [3.8, 4) is 5.75 Å². The predicted octanol–water partition coefficient (Wildman–Crippen LogP) is 5.18. The van der Waals surface area contributed by atoms with E-state index in [-0.39, 0.29) is 18.3 Å². The van der Waals surface area contributed by atoms with Crippen LogP contribution in [0.25, 0.3) is 11.0 Å². The number of amides is 1. The van der Waals surface area contributed by atoms with Crippen molar-refractivity contribution in [1.82, 2.24) is 14.5 Å². The van der Waals surface area contributed by atoms with Gasteiger partial charge in [-0.1, -0.05) is 19.1 Å². The van der Waals surface area contributed by atoms with Crippen LogP contribution >= 0.6 is 11.3 Å². The molecular weight excluding hydrogens is 403 g/mol. The molecule has 0 bridgehead atoms. The molecule has 154 valence electrons. The summed E-state index contributed by atoms with van der Waals surface area (Å²) >= 11 is 1.28. The van der Waals surface area contributed by atoms with E-state index in [9.17, 15) is 9.18 Å². The van der Waals surface area contributed by atoms with Crippen LogP contribution in [0.1, 0.15) is 33.7 Å². The van der Waals surface area contributed by atoms with Crippen LogP contribution in [-0.2, 0) is 13.2 Å². The van der Waals surface area contributed by atoms with Gasteiger partial charge in [0.1, 0.15) is 28.1 Å². The Morgan fingerprint density at radius 1 is 1.17 bits per heavy atom. The summed E-state index contributed by atoms with van der Waals surface area (Å²) in [6.07, 6.45) is 0.924. The van der Waals surface area contributed by atoms with Crippen molar-refractivity contribution in [1.29, 1.82) is 0 Å². The number of carbonyl (C=O) groups excluding carboxylic acids is 1. The van der Waals surface area contributed by atoms with Crippen molar-refractivity contribution < 1.29 is 13.9 Å². The van der Waals surface area contributed by atoms with Crippen molar-refractivity contribution in [2.24, 2.45) is 0 Å². The number of ether oxygens (including phenoxy) is 1. The average Bonchev–Trinajstić information content (AvgIpc) is 3.28. The van der Waals surface area contributed by atoms with E-state index < -0.39 is 0 Å². The SMILES string of the molecule is CCCn1c(NC(=O)c2sc(COc3ccc(F)cc3)nc2C)nc2ccccc21. The van der Waals surface area contributed by atoms with Gasteiger partial charge in [-0.25, -0.2) is 14.4 Å². The molecule has 30 heavy (non-hydrogen) atoms. The highest BCUT2D eigenvalue weighted by molar-refractivity contribution is 7.13. The normalized spacial score (nSPS) is 11.0. The number of thiazole rings is 1. The number of hydrogen-bond donors (Lipinski definition) is 1. The fraction of sp³-hybridized carbons (Fsp3) is 0.227. The molecule has 0 atom stereocenters. The number of aromatic nitrogens is 3. The lowest BCUT2D eigenvalue weighted by Crippen LogP contribution is -2.16. The molecule has 4 aromatic rings. The number of halogens is 1. The highest BCUT2D eigenvalue weighted by Gasteiger charge is 2.19. The van der Waals surface area contributed by atoms with Gasteiger partial charge in [0.05, 0.1) is 16.7 Å². The molecule has 2 aromatic heterocycles. The molecule has 1 N–H and O–H groups in total. The lowest BCUT2D eigenvalue weighted by molar-refractivity contribution is 0.102. The van der Waals surface area contributed by atoms with Gasteiger partial charge in [-0.2, -0.15) is 0 Å². The van der Waals surface area contributed by atoms with Gasteiger partial charge in [0, 0.05) is 6.54 Å². The maximum absolute atomic E-state index is 13.0. The molecule has 0 aliphatic rings. The molecule has 0 saturated carbocycles. The number of aryl methyl sites for hydroxylation is 2. The summed E-state index contributed by atoms with van der Waals surface area (Å²) in [5, 5.41) is 3.61. The van der Waals surface area contributed by atoms with Crippen LogP contribution in [0.5, 0.6) is 5.75 Å². The van der Waals surface area contributed by atoms with E-state index in [0.717, 1.165) is 24.0 Å². The van der Waals surface area contributed by atoms with Crippen molar-refractivity contribution >= 4 is 34.2 Å². The summed E-state index contributed by atoms with van der Waals surface area (Å²) in [6, 6.07) is 13.6. The standard InChI is InChI=1S/C22H21FN4O2S/c1-3-12-27-18-7-5-4-6-17(18)25-22(27)26-21(28)20-14(2)24-19(30-20)13-29-16-10-8-15(23)9-11-16/h4-11H,3,12-13H2,1-2H3,(H,25,26,28). The topological polar surface area (TPSA) is 69.0 Å². The number of para-hydroxylation sites is 2. The van der Waals surface area contributed by atoms with Gasteiger partial charge in [-0.3, -0.25) is 10.1 Å². The lowest BCUT2D eigenvalue weighted by Gasteiger charge is -2.08. The number of hydrogen-bond acceptors (Lipinski definition) is 5. The summed E-state index contributed by atoms with van der Waals surface area (Å²) < 4.78 is 20.7. The first-order valence-corrected chi connectivity index (χ1v) is 10.5. The third-order valence-corrected chi connectivity index (χ3v) is 5.68. The number of anilines is 1. The molecule has 0 radical (unpaired) electrons. The van der Waals surface area contributed by atoms with Gasteiger partial charge < -0.3 is 9.30 Å². The van der Waals surface area contributed by atoms with E-state index in [1.165, 1.54) is 23.5 Å². The molecule has 0 fully saturated rings. The first kappa shape index (κ1) is 20.0. The zero-order valence-corrected chi connectivity index (χ0v) is 17.5. The number of benzene rings is 2. The van der Waals surface area contributed by atoms with Gasteiger partial charge in [-0.05, 0) is 49.7 Å². The number of nitrogens with one attached hydrogen (secondary N) is 1.